The molecule has 0 aliphatic carbocycles. The van der Waals surface area contributed by atoms with E-state index >= 15 is 0 Å². The van der Waals surface area contributed by atoms with Gasteiger partial charge in [0.1, 0.15) is 0 Å². The lowest BCUT2D eigenvalue weighted by Crippen LogP contribution is -2.42. The summed E-state index contributed by atoms with van der Waals surface area (Å²) in [6.45, 7) is 14.9. The molecule has 27 heavy (non-hydrogen) atoms. The lowest BCUT2D eigenvalue weighted by atomic mass is 10.3. The zero-order valence-electron chi connectivity index (χ0n) is 16.9. The van der Waals surface area contributed by atoms with Gasteiger partial charge in [-0.1, -0.05) is 0 Å². The predicted molar refractivity (Wildman–Crippen MR) is 128 cm³/mol. The van der Waals surface area contributed by atoms with Gasteiger partial charge in [0.25, 0.3) is 0 Å². The van der Waals surface area contributed by atoms with Gasteiger partial charge in [0, 0.05) is 41.7 Å². The van der Waals surface area contributed by atoms with Crippen LogP contribution in [0.5, 0.6) is 0 Å². The van der Waals surface area contributed by atoms with E-state index in [0.29, 0.717) is 0 Å². The third-order valence-corrected chi connectivity index (χ3v) is 16.1. The van der Waals surface area contributed by atoms with E-state index in [4.69, 9.17) is 8.85 Å². The highest BCUT2D eigenvalue weighted by molar-refractivity contribution is 7.33. The van der Waals surface area contributed by atoms with Crippen LogP contribution < -0.4 is 9.00 Å². The maximum absolute atomic E-state index is 6.04. The highest BCUT2D eigenvalue weighted by Gasteiger charge is 2.28. The number of rotatable bonds is 8. The van der Waals surface area contributed by atoms with Crippen molar-refractivity contribution in [2.75, 3.05) is 13.2 Å². The Morgan fingerprint density at radius 1 is 0.593 bits per heavy atom. The molecule has 3 heterocycles. The molecule has 0 unspecified atom stereocenters. The van der Waals surface area contributed by atoms with E-state index in [9.17, 15) is 0 Å². The smallest absolute Gasteiger partial charge is 0.228 e. The Kier molecular flexibility index (Phi) is 6.62. The zero-order chi connectivity index (χ0) is 19.7. The van der Waals surface area contributed by atoms with Crippen LogP contribution in [0.25, 0.3) is 19.5 Å². The molecule has 3 aromatic rings. The zero-order valence-corrected chi connectivity index (χ0v) is 21.4. The van der Waals surface area contributed by atoms with Crippen LogP contribution in [0.15, 0.2) is 36.4 Å². The Balaban J connectivity index is 1.82. The van der Waals surface area contributed by atoms with Crippen LogP contribution in [0, 0.1) is 0 Å². The first-order valence-corrected chi connectivity index (χ1v) is 17.6. The lowest BCUT2D eigenvalue weighted by molar-refractivity contribution is 0.339. The first-order valence-electron chi connectivity index (χ1n) is 9.36. The molecule has 0 fully saturated rings. The van der Waals surface area contributed by atoms with E-state index < -0.39 is 16.6 Å². The Bertz CT molecular complexity index is 822. The minimum Gasteiger partial charge on any atom is -0.412 e. The van der Waals surface area contributed by atoms with Crippen LogP contribution in [-0.2, 0) is 8.85 Å². The summed E-state index contributed by atoms with van der Waals surface area (Å²) in [4.78, 5) is 5.39. The molecule has 0 aromatic carbocycles. The highest BCUT2D eigenvalue weighted by atomic mass is 32.1. The summed E-state index contributed by atoms with van der Waals surface area (Å²) in [5, 5.41) is 0. The minimum atomic E-state index is -1.76. The van der Waals surface area contributed by atoms with Crippen LogP contribution >= 0.6 is 34.0 Å². The van der Waals surface area contributed by atoms with E-state index in [2.05, 4.69) is 76.4 Å². The first-order chi connectivity index (χ1) is 12.8. The fraction of sp³-hybridized carbons (Fsp3) is 0.400. The summed E-state index contributed by atoms with van der Waals surface area (Å²) in [7, 11) is -3.52. The average Bonchev–Trinajstić information content (AvgIpc) is 3.33. The van der Waals surface area contributed by atoms with Crippen molar-refractivity contribution in [3.63, 3.8) is 0 Å². The molecule has 0 amide bonds. The van der Waals surface area contributed by atoms with E-state index in [1.54, 1.807) is 0 Å². The van der Waals surface area contributed by atoms with Gasteiger partial charge in [0.05, 0.1) is 0 Å². The van der Waals surface area contributed by atoms with E-state index in [1.165, 1.54) is 28.5 Å². The second kappa shape index (κ2) is 8.45. The van der Waals surface area contributed by atoms with E-state index in [1.807, 2.05) is 34.0 Å². The van der Waals surface area contributed by atoms with Gasteiger partial charge in [0.2, 0.25) is 16.6 Å². The van der Waals surface area contributed by atoms with Crippen molar-refractivity contribution in [2.24, 2.45) is 0 Å². The van der Waals surface area contributed by atoms with Crippen molar-refractivity contribution in [1.82, 2.24) is 0 Å². The molecule has 0 aliphatic heterocycles. The molecular formula is C20H28O2S3Si2. The van der Waals surface area contributed by atoms with Gasteiger partial charge in [0.15, 0.2) is 0 Å². The summed E-state index contributed by atoms with van der Waals surface area (Å²) >= 11 is 5.67. The van der Waals surface area contributed by atoms with Gasteiger partial charge in [-0.3, -0.25) is 0 Å². The van der Waals surface area contributed by atoms with E-state index in [-0.39, 0.29) is 0 Å². The fourth-order valence-electron chi connectivity index (χ4n) is 3.05. The second-order valence-electron chi connectivity index (χ2n) is 7.38. The average molecular weight is 453 g/mol. The van der Waals surface area contributed by atoms with Crippen molar-refractivity contribution in [2.45, 2.75) is 40.0 Å². The molecule has 7 heteroatoms. The van der Waals surface area contributed by atoms with Gasteiger partial charge < -0.3 is 8.85 Å². The van der Waals surface area contributed by atoms with Crippen LogP contribution in [0.3, 0.4) is 0 Å². The molecule has 2 nitrogen and oxygen atoms in total. The fourth-order valence-corrected chi connectivity index (χ4v) is 11.4. The first kappa shape index (κ1) is 21.2. The molecule has 0 radical (unpaired) electrons. The molecule has 0 N–H and O–H groups in total. The molecular weight excluding hydrogens is 425 g/mol. The van der Waals surface area contributed by atoms with Gasteiger partial charge in [-0.2, -0.15) is 0 Å². The summed E-state index contributed by atoms with van der Waals surface area (Å²) < 4.78 is 14.9. The molecule has 3 aromatic heterocycles. The quantitative estimate of drug-likeness (QED) is 0.384. The van der Waals surface area contributed by atoms with Crippen molar-refractivity contribution in [3.8, 4) is 19.5 Å². The normalized spacial score (nSPS) is 12.7. The third-order valence-electron chi connectivity index (χ3n) is 4.50. The minimum absolute atomic E-state index is 0.789. The van der Waals surface area contributed by atoms with Crippen LogP contribution in [0.1, 0.15) is 13.8 Å². The number of hydrogen-bond donors (Lipinski definition) is 0. The molecule has 146 valence electrons. The third kappa shape index (κ3) is 4.72. The summed E-state index contributed by atoms with van der Waals surface area (Å²) in [5.74, 6) is 0. The number of hydrogen-bond acceptors (Lipinski definition) is 5. The van der Waals surface area contributed by atoms with Crippen LogP contribution in [0.2, 0.25) is 26.2 Å². The standard InChI is InChI=1S/C20H28O2S3Si2/c1-7-21-26(3,4)19-13-11-17(24-19)15-9-10-16(23-15)18-12-14-20(25-18)27(5,6)22-8-2/h9-14H,7-8H2,1-6H3. The molecule has 0 bridgehead atoms. The Morgan fingerprint density at radius 2 is 0.926 bits per heavy atom. The summed E-state index contributed by atoms with van der Waals surface area (Å²) in [6, 6.07) is 13.6. The Morgan fingerprint density at radius 3 is 1.30 bits per heavy atom. The van der Waals surface area contributed by atoms with Crippen molar-refractivity contribution in [1.29, 1.82) is 0 Å². The van der Waals surface area contributed by atoms with Gasteiger partial charge in [-0.05, 0) is 76.4 Å². The van der Waals surface area contributed by atoms with Crippen molar-refractivity contribution in [3.05, 3.63) is 36.4 Å². The van der Waals surface area contributed by atoms with Crippen LogP contribution in [0.4, 0.5) is 0 Å². The summed E-state index contributed by atoms with van der Waals surface area (Å²) in [6.07, 6.45) is 0. The lowest BCUT2D eigenvalue weighted by Gasteiger charge is -2.19. The molecule has 0 spiro atoms. The largest absolute Gasteiger partial charge is 0.412 e. The molecule has 0 saturated heterocycles. The number of thiophene rings is 3. The van der Waals surface area contributed by atoms with Crippen molar-refractivity contribution >= 4 is 59.6 Å². The summed E-state index contributed by atoms with van der Waals surface area (Å²) in [5.41, 5.74) is 0. The molecule has 3 rings (SSSR count). The predicted octanol–water partition coefficient (Wildman–Crippen LogP) is 6.10. The second-order valence-corrected chi connectivity index (χ2v) is 19.1. The van der Waals surface area contributed by atoms with Gasteiger partial charge in [-0.15, -0.1) is 34.0 Å². The monoisotopic (exact) mass is 452 g/mol. The highest BCUT2D eigenvalue weighted by Crippen LogP contribution is 2.38. The molecule has 0 aliphatic rings. The van der Waals surface area contributed by atoms with Gasteiger partial charge in [-0.25, -0.2) is 0 Å². The van der Waals surface area contributed by atoms with Gasteiger partial charge >= 0.3 is 0 Å². The topological polar surface area (TPSA) is 18.5 Å². The Hall–Kier alpha value is -0.546. The molecule has 0 saturated carbocycles. The molecule has 0 atom stereocenters. The Labute approximate surface area is 177 Å². The SMILES string of the molecule is CCO[Si](C)(C)c1ccc(-c2ccc(-c3ccc([Si](C)(C)OCC)s3)s2)s1. The van der Waals surface area contributed by atoms with Crippen LogP contribution in [-0.4, -0.2) is 29.8 Å². The van der Waals surface area contributed by atoms with Crippen molar-refractivity contribution < 1.29 is 8.85 Å². The van der Waals surface area contributed by atoms with E-state index in [0.717, 1.165) is 13.2 Å². The maximum atomic E-state index is 6.04. The maximum Gasteiger partial charge on any atom is 0.228 e.